The fraction of sp³-hybridized carbons (Fsp3) is 0.111. The smallest absolute Gasteiger partial charge is 0.130 e. The summed E-state index contributed by atoms with van der Waals surface area (Å²) in [4.78, 5) is 0. The summed E-state index contributed by atoms with van der Waals surface area (Å²) in [6.45, 7) is 2.43. The number of halogens is 1. The first kappa shape index (κ1) is 15.6. The number of allylic oxidation sites excluding steroid dienone is 1. The second kappa shape index (κ2) is 7.31. The minimum absolute atomic E-state index is 0.00227. The summed E-state index contributed by atoms with van der Waals surface area (Å²) in [5.74, 6) is 0.577. The molecule has 2 rings (SSSR count). The van der Waals surface area contributed by atoms with E-state index in [0.29, 0.717) is 22.9 Å². The summed E-state index contributed by atoms with van der Waals surface area (Å²) < 4.78 is 5.79. The lowest BCUT2D eigenvalue weighted by Gasteiger charge is -2.10. The van der Waals surface area contributed by atoms with E-state index in [1.807, 2.05) is 43.3 Å². The maximum atomic E-state index is 8.87. The van der Waals surface area contributed by atoms with Crippen molar-refractivity contribution in [2.75, 3.05) is 0 Å². The second-order valence-electron chi connectivity index (χ2n) is 4.74. The van der Waals surface area contributed by atoms with Gasteiger partial charge in [-0.25, -0.2) is 0 Å². The van der Waals surface area contributed by atoms with Crippen LogP contribution in [0.15, 0.2) is 48.0 Å². The van der Waals surface area contributed by atoms with Gasteiger partial charge in [-0.15, -0.1) is 0 Å². The molecule has 0 saturated heterocycles. The van der Waals surface area contributed by atoms with E-state index in [1.54, 1.807) is 18.2 Å². The van der Waals surface area contributed by atoms with E-state index in [9.17, 15) is 0 Å². The summed E-state index contributed by atoms with van der Waals surface area (Å²) in [5.41, 5.74) is 2.84. The fourth-order valence-corrected chi connectivity index (χ4v) is 2.03. The number of aryl methyl sites for hydroxylation is 1. The Morgan fingerprint density at radius 1 is 1.14 bits per heavy atom. The summed E-state index contributed by atoms with van der Waals surface area (Å²) in [6.07, 6.45) is 1.47. The van der Waals surface area contributed by atoms with Crippen LogP contribution < -0.4 is 4.74 Å². The Morgan fingerprint density at radius 2 is 1.82 bits per heavy atom. The largest absolute Gasteiger partial charge is 0.488 e. The molecule has 4 heteroatoms. The van der Waals surface area contributed by atoms with E-state index >= 15 is 0 Å². The highest BCUT2D eigenvalue weighted by Gasteiger charge is 2.05. The van der Waals surface area contributed by atoms with E-state index in [2.05, 4.69) is 0 Å². The Morgan fingerprint density at radius 3 is 2.45 bits per heavy atom. The molecule has 0 saturated carbocycles. The van der Waals surface area contributed by atoms with Crippen LogP contribution in [0, 0.1) is 29.6 Å². The van der Waals surface area contributed by atoms with Gasteiger partial charge >= 0.3 is 0 Å². The first-order valence-electron chi connectivity index (χ1n) is 6.62. The maximum Gasteiger partial charge on any atom is 0.130 e. The summed E-state index contributed by atoms with van der Waals surface area (Å²) in [7, 11) is 0. The molecule has 0 heterocycles. The molecule has 0 spiro atoms. The van der Waals surface area contributed by atoms with Crippen molar-refractivity contribution in [2.45, 2.75) is 13.5 Å². The zero-order valence-electron chi connectivity index (χ0n) is 12.0. The molecular formula is C18H13ClN2O. The Balaban J connectivity index is 2.24. The molecule has 0 N–H and O–H groups in total. The van der Waals surface area contributed by atoms with E-state index in [1.165, 1.54) is 11.6 Å². The minimum atomic E-state index is 0.00227. The number of ether oxygens (including phenoxy) is 1. The van der Waals surface area contributed by atoms with Gasteiger partial charge in [-0.1, -0.05) is 41.4 Å². The van der Waals surface area contributed by atoms with Gasteiger partial charge in [0.1, 0.15) is 30.1 Å². The highest BCUT2D eigenvalue weighted by molar-refractivity contribution is 6.30. The third kappa shape index (κ3) is 4.12. The molecule has 0 unspecified atom stereocenters. The number of rotatable bonds is 4. The lowest BCUT2D eigenvalue weighted by molar-refractivity contribution is 0.305. The van der Waals surface area contributed by atoms with Crippen LogP contribution in [0.25, 0.3) is 6.08 Å². The van der Waals surface area contributed by atoms with Crippen molar-refractivity contribution in [1.82, 2.24) is 0 Å². The molecule has 0 aliphatic rings. The zero-order valence-corrected chi connectivity index (χ0v) is 12.8. The zero-order chi connectivity index (χ0) is 15.9. The van der Waals surface area contributed by atoms with E-state index in [-0.39, 0.29) is 5.57 Å². The van der Waals surface area contributed by atoms with Crippen LogP contribution in [-0.2, 0) is 6.61 Å². The Hall–Kier alpha value is -2.75. The van der Waals surface area contributed by atoms with Gasteiger partial charge in [-0.2, -0.15) is 10.5 Å². The maximum absolute atomic E-state index is 8.87. The summed E-state index contributed by atoms with van der Waals surface area (Å²) in [5, 5.41) is 18.3. The lowest BCUT2D eigenvalue weighted by Crippen LogP contribution is -1.97. The predicted octanol–water partition coefficient (Wildman–Crippen LogP) is 4.66. The predicted molar refractivity (Wildman–Crippen MR) is 86.2 cm³/mol. The van der Waals surface area contributed by atoms with Crippen molar-refractivity contribution in [1.29, 1.82) is 10.5 Å². The SMILES string of the molecule is Cc1ccc(COc2ccc(Cl)cc2C=C(C#N)C#N)cc1. The van der Waals surface area contributed by atoms with Gasteiger partial charge in [-0.3, -0.25) is 0 Å². The van der Waals surface area contributed by atoms with Crippen molar-refractivity contribution in [3.8, 4) is 17.9 Å². The highest BCUT2D eigenvalue weighted by Crippen LogP contribution is 2.26. The monoisotopic (exact) mass is 308 g/mol. The molecule has 0 aliphatic heterocycles. The molecule has 2 aromatic rings. The Labute approximate surface area is 134 Å². The Bertz CT molecular complexity index is 764. The molecule has 0 radical (unpaired) electrons. The van der Waals surface area contributed by atoms with E-state index < -0.39 is 0 Å². The number of hydrogen-bond donors (Lipinski definition) is 0. The fourth-order valence-electron chi connectivity index (χ4n) is 1.85. The molecule has 0 aliphatic carbocycles. The van der Waals surface area contributed by atoms with Gasteiger partial charge in [0.15, 0.2) is 0 Å². The van der Waals surface area contributed by atoms with Gasteiger partial charge < -0.3 is 4.74 Å². The normalized spacial score (nSPS) is 9.45. The van der Waals surface area contributed by atoms with Crippen LogP contribution in [0.3, 0.4) is 0 Å². The van der Waals surface area contributed by atoms with Gasteiger partial charge in [0, 0.05) is 10.6 Å². The first-order chi connectivity index (χ1) is 10.6. The highest BCUT2D eigenvalue weighted by atomic mass is 35.5. The van der Waals surface area contributed by atoms with E-state index in [0.717, 1.165) is 5.56 Å². The number of hydrogen-bond acceptors (Lipinski definition) is 3. The molecule has 2 aromatic carbocycles. The van der Waals surface area contributed by atoms with Crippen molar-refractivity contribution in [3.63, 3.8) is 0 Å². The lowest BCUT2D eigenvalue weighted by atomic mass is 10.1. The molecule has 22 heavy (non-hydrogen) atoms. The number of nitrogens with zero attached hydrogens (tertiary/aromatic N) is 2. The van der Waals surface area contributed by atoms with Gasteiger partial charge in [0.2, 0.25) is 0 Å². The average molecular weight is 309 g/mol. The van der Waals surface area contributed by atoms with Crippen LogP contribution in [0.2, 0.25) is 5.02 Å². The summed E-state index contributed by atoms with van der Waals surface area (Å²) >= 11 is 5.97. The van der Waals surface area contributed by atoms with Gasteiger partial charge in [0.05, 0.1) is 0 Å². The number of benzene rings is 2. The van der Waals surface area contributed by atoms with Gasteiger partial charge in [-0.05, 0) is 36.8 Å². The third-order valence-electron chi connectivity index (χ3n) is 3.03. The van der Waals surface area contributed by atoms with Crippen LogP contribution in [0.4, 0.5) is 0 Å². The minimum Gasteiger partial charge on any atom is -0.488 e. The molecule has 0 atom stereocenters. The number of nitriles is 2. The molecule has 3 nitrogen and oxygen atoms in total. The van der Waals surface area contributed by atoms with Crippen LogP contribution in [0.1, 0.15) is 16.7 Å². The van der Waals surface area contributed by atoms with Crippen molar-refractivity contribution >= 4 is 17.7 Å². The van der Waals surface area contributed by atoms with Crippen molar-refractivity contribution in [3.05, 3.63) is 69.8 Å². The van der Waals surface area contributed by atoms with E-state index in [4.69, 9.17) is 26.9 Å². The molecule has 108 valence electrons. The van der Waals surface area contributed by atoms with Crippen molar-refractivity contribution in [2.24, 2.45) is 0 Å². The Kier molecular flexibility index (Phi) is 5.20. The van der Waals surface area contributed by atoms with Crippen molar-refractivity contribution < 1.29 is 4.74 Å². The molecular weight excluding hydrogens is 296 g/mol. The van der Waals surface area contributed by atoms with Gasteiger partial charge in [0.25, 0.3) is 0 Å². The average Bonchev–Trinajstić information content (AvgIpc) is 2.53. The quantitative estimate of drug-likeness (QED) is 0.772. The molecule has 0 fully saturated rings. The topological polar surface area (TPSA) is 56.8 Å². The van der Waals surface area contributed by atoms with Crippen LogP contribution >= 0.6 is 11.6 Å². The standard InChI is InChI=1S/C18H13ClN2O/c1-13-2-4-14(5-3-13)12-22-18-7-6-17(19)9-16(18)8-15(10-20)11-21/h2-9H,12H2,1H3. The van der Waals surface area contributed by atoms with Crippen LogP contribution in [-0.4, -0.2) is 0 Å². The summed E-state index contributed by atoms with van der Waals surface area (Å²) in [6, 6.07) is 16.8. The molecule has 0 bridgehead atoms. The van der Waals surface area contributed by atoms with Crippen LogP contribution in [0.5, 0.6) is 5.75 Å². The second-order valence-corrected chi connectivity index (χ2v) is 5.17. The molecule has 0 aromatic heterocycles. The third-order valence-corrected chi connectivity index (χ3v) is 3.26. The molecule has 0 amide bonds. The first-order valence-corrected chi connectivity index (χ1v) is 7.00.